The van der Waals surface area contributed by atoms with Gasteiger partial charge in [0.25, 0.3) is 5.89 Å². The molecule has 2 heterocycles. The van der Waals surface area contributed by atoms with Gasteiger partial charge < -0.3 is 24.1 Å². The van der Waals surface area contributed by atoms with Gasteiger partial charge in [-0.3, -0.25) is 0 Å². The predicted molar refractivity (Wildman–Crippen MR) is 99.1 cm³/mol. The minimum absolute atomic E-state index is 0.0332. The Kier molecular flexibility index (Phi) is 5.01. The van der Waals surface area contributed by atoms with Crippen LogP contribution in [-0.2, 0) is 6.54 Å². The number of para-hydroxylation sites is 2. The molecule has 8 heteroatoms. The Bertz CT molecular complexity index is 960. The summed E-state index contributed by atoms with van der Waals surface area (Å²) in [5.74, 6) is 2.25. The van der Waals surface area contributed by atoms with Crippen LogP contribution < -0.4 is 19.5 Å². The molecule has 2 aromatic carbocycles. The lowest BCUT2D eigenvalue weighted by molar-refractivity contribution is 0.0665. The highest BCUT2D eigenvalue weighted by Gasteiger charge is 2.27. The van der Waals surface area contributed by atoms with Crippen molar-refractivity contribution in [3.63, 3.8) is 0 Å². The van der Waals surface area contributed by atoms with Crippen molar-refractivity contribution in [3.8, 4) is 17.2 Å². The van der Waals surface area contributed by atoms with Gasteiger partial charge in [0.1, 0.15) is 18.2 Å². The van der Waals surface area contributed by atoms with Crippen molar-refractivity contribution in [1.82, 2.24) is 10.1 Å². The molecular formula is C20H20FN3O4. The maximum atomic E-state index is 13.6. The number of ether oxygens (including phenoxy) is 3. The van der Waals surface area contributed by atoms with E-state index in [1.807, 2.05) is 38.1 Å². The van der Waals surface area contributed by atoms with Crippen LogP contribution in [0, 0.1) is 5.82 Å². The lowest BCUT2D eigenvalue weighted by Crippen LogP contribution is -2.21. The molecule has 3 aromatic rings. The molecule has 0 amide bonds. The lowest BCUT2D eigenvalue weighted by atomic mass is 10.2. The van der Waals surface area contributed by atoms with Crippen molar-refractivity contribution in [1.29, 1.82) is 0 Å². The Morgan fingerprint density at radius 1 is 1.21 bits per heavy atom. The second-order valence-electron chi connectivity index (χ2n) is 6.57. The SMILES string of the molecule is CC(C)Oc1ccc(F)cc1NCc1noc(C2COc3ccccc3O2)n1. The molecule has 1 unspecified atom stereocenters. The average molecular weight is 385 g/mol. The van der Waals surface area contributed by atoms with Gasteiger partial charge in [-0.15, -0.1) is 0 Å². The second kappa shape index (κ2) is 7.75. The van der Waals surface area contributed by atoms with Crippen LogP contribution >= 0.6 is 0 Å². The molecule has 146 valence electrons. The van der Waals surface area contributed by atoms with E-state index in [4.69, 9.17) is 18.7 Å². The van der Waals surface area contributed by atoms with Crippen LogP contribution in [0.1, 0.15) is 31.7 Å². The van der Waals surface area contributed by atoms with Crippen LogP contribution in [0.4, 0.5) is 10.1 Å². The first-order valence-electron chi connectivity index (χ1n) is 8.99. The van der Waals surface area contributed by atoms with Gasteiger partial charge in [0.15, 0.2) is 17.3 Å². The Labute approximate surface area is 161 Å². The molecule has 1 atom stereocenters. The molecule has 0 saturated heterocycles. The van der Waals surface area contributed by atoms with Crippen LogP contribution in [0.15, 0.2) is 47.0 Å². The summed E-state index contributed by atoms with van der Waals surface area (Å²) in [6.07, 6.45) is -0.515. The maximum Gasteiger partial charge on any atom is 0.271 e. The molecule has 7 nitrogen and oxygen atoms in total. The smallest absolute Gasteiger partial charge is 0.271 e. The van der Waals surface area contributed by atoms with E-state index < -0.39 is 6.10 Å². The summed E-state index contributed by atoms with van der Waals surface area (Å²) in [5, 5.41) is 7.04. The Morgan fingerprint density at radius 2 is 2.04 bits per heavy atom. The standard InChI is InChI=1S/C20H20FN3O4/c1-12(2)26-15-8-7-13(21)9-14(15)22-10-19-23-20(28-24-19)18-11-25-16-5-3-4-6-17(16)27-18/h3-9,12,18,22H,10-11H2,1-2H3. The van der Waals surface area contributed by atoms with Crippen LogP contribution in [0.5, 0.6) is 17.2 Å². The quantitative estimate of drug-likeness (QED) is 0.684. The van der Waals surface area contributed by atoms with Crippen molar-refractivity contribution in [3.05, 3.63) is 60.0 Å². The molecular weight excluding hydrogens is 365 g/mol. The van der Waals surface area contributed by atoms with Crippen LogP contribution in [-0.4, -0.2) is 22.9 Å². The molecule has 1 aliphatic heterocycles. The number of nitrogens with zero attached hydrogens (tertiary/aromatic N) is 2. The zero-order valence-corrected chi connectivity index (χ0v) is 15.5. The largest absolute Gasteiger partial charge is 0.489 e. The first kappa shape index (κ1) is 18.1. The molecule has 1 N–H and O–H groups in total. The molecule has 1 aliphatic rings. The van der Waals surface area contributed by atoms with Gasteiger partial charge >= 0.3 is 0 Å². The third-order valence-electron chi connectivity index (χ3n) is 4.01. The van der Waals surface area contributed by atoms with Crippen LogP contribution in [0.25, 0.3) is 0 Å². The summed E-state index contributed by atoms with van der Waals surface area (Å²) in [6.45, 7) is 4.33. The normalized spacial score (nSPS) is 15.5. The number of rotatable bonds is 6. The monoisotopic (exact) mass is 385 g/mol. The fourth-order valence-corrected chi connectivity index (χ4v) is 2.78. The Hall–Kier alpha value is -3.29. The molecule has 28 heavy (non-hydrogen) atoms. The zero-order chi connectivity index (χ0) is 19.5. The van der Waals surface area contributed by atoms with Crippen molar-refractivity contribution < 1.29 is 23.1 Å². The zero-order valence-electron chi connectivity index (χ0n) is 15.5. The first-order chi connectivity index (χ1) is 13.6. The number of nitrogens with one attached hydrogen (secondary N) is 1. The minimum atomic E-state index is -0.481. The van der Waals surface area contributed by atoms with E-state index in [1.54, 1.807) is 6.07 Å². The molecule has 0 saturated carbocycles. The van der Waals surface area contributed by atoms with E-state index in [0.717, 1.165) is 0 Å². The highest BCUT2D eigenvalue weighted by Crippen LogP contribution is 2.35. The van der Waals surface area contributed by atoms with Crippen molar-refractivity contribution in [2.45, 2.75) is 32.6 Å². The summed E-state index contributed by atoms with van der Waals surface area (Å²) in [4.78, 5) is 4.36. The van der Waals surface area contributed by atoms with Gasteiger partial charge in [-0.05, 0) is 38.1 Å². The summed E-state index contributed by atoms with van der Waals surface area (Å²) in [6, 6.07) is 11.7. The Balaban J connectivity index is 1.43. The van der Waals surface area contributed by atoms with Gasteiger partial charge in [-0.2, -0.15) is 4.98 Å². The van der Waals surface area contributed by atoms with Gasteiger partial charge in [-0.1, -0.05) is 17.3 Å². The Morgan fingerprint density at radius 3 is 2.86 bits per heavy atom. The first-order valence-corrected chi connectivity index (χ1v) is 8.99. The number of anilines is 1. The second-order valence-corrected chi connectivity index (χ2v) is 6.57. The highest BCUT2D eigenvalue weighted by atomic mass is 19.1. The number of benzene rings is 2. The average Bonchev–Trinajstić information content (AvgIpc) is 3.16. The summed E-state index contributed by atoms with van der Waals surface area (Å²) >= 11 is 0. The van der Waals surface area contributed by atoms with Crippen LogP contribution in [0.3, 0.4) is 0 Å². The molecule has 4 rings (SSSR count). The molecule has 0 spiro atoms. The van der Waals surface area contributed by atoms with Crippen molar-refractivity contribution >= 4 is 5.69 Å². The highest BCUT2D eigenvalue weighted by molar-refractivity contribution is 5.56. The molecule has 1 aromatic heterocycles. The summed E-state index contributed by atoms with van der Waals surface area (Å²) in [7, 11) is 0. The maximum absolute atomic E-state index is 13.6. The number of fused-ring (bicyclic) bond motifs is 1. The number of aromatic nitrogens is 2. The number of hydrogen-bond acceptors (Lipinski definition) is 7. The van der Waals surface area contributed by atoms with Gasteiger partial charge in [0.2, 0.25) is 6.10 Å². The van der Waals surface area contributed by atoms with Crippen LogP contribution in [0.2, 0.25) is 0 Å². The number of hydrogen-bond donors (Lipinski definition) is 1. The third kappa shape index (κ3) is 4.00. The predicted octanol–water partition coefficient (Wildman–Crippen LogP) is 4.12. The molecule has 0 aliphatic carbocycles. The van der Waals surface area contributed by atoms with E-state index >= 15 is 0 Å². The van der Waals surface area contributed by atoms with Gasteiger partial charge in [0.05, 0.1) is 18.3 Å². The third-order valence-corrected chi connectivity index (χ3v) is 4.01. The topological polar surface area (TPSA) is 78.6 Å². The van der Waals surface area contributed by atoms with Gasteiger partial charge in [0, 0.05) is 6.07 Å². The lowest BCUT2D eigenvalue weighted by Gasteiger charge is -2.23. The van der Waals surface area contributed by atoms with Crippen molar-refractivity contribution in [2.75, 3.05) is 11.9 Å². The molecule has 0 bridgehead atoms. The van der Waals surface area contributed by atoms with E-state index in [1.165, 1.54) is 12.1 Å². The number of halogens is 1. The van der Waals surface area contributed by atoms with E-state index in [2.05, 4.69) is 15.5 Å². The van der Waals surface area contributed by atoms with E-state index in [0.29, 0.717) is 34.7 Å². The fraction of sp³-hybridized carbons (Fsp3) is 0.300. The minimum Gasteiger partial charge on any atom is -0.489 e. The van der Waals surface area contributed by atoms with E-state index in [-0.39, 0.29) is 25.1 Å². The molecule has 0 fully saturated rings. The molecule has 0 radical (unpaired) electrons. The van der Waals surface area contributed by atoms with Crippen molar-refractivity contribution in [2.24, 2.45) is 0 Å². The summed E-state index contributed by atoms with van der Waals surface area (Å²) < 4.78 is 36.1. The van der Waals surface area contributed by atoms with Gasteiger partial charge in [-0.25, -0.2) is 4.39 Å². The summed E-state index contributed by atoms with van der Waals surface area (Å²) in [5.41, 5.74) is 0.520. The van der Waals surface area contributed by atoms with E-state index in [9.17, 15) is 4.39 Å². The fourth-order valence-electron chi connectivity index (χ4n) is 2.78.